The highest BCUT2D eigenvalue weighted by molar-refractivity contribution is 9.10. The number of hydrogen-bond donors (Lipinski definition) is 0. The second-order valence-electron chi connectivity index (χ2n) is 5.23. The van der Waals surface area contributed by atoms with Gasteiger partial charge in [0.25, 0.3) is 5.91 Å². The highest BCUT2D eigenvalue weighted by Crippen LogP contribution is 2.27. The Kier molecular flexibility index (Phi) is 5.04. The first-order chi connectivity index (χ1) is 11.5. The molecule has 0 aliphatic rings. The highest BCUT2D eigenvalue weighted by Gasteiger charge is 2.12. The lowest BCUT2D eigenvalue weighted by Crippen LogP contribution is -2.16. The largest absolute Gasteiger partial charge is 0.312 e. The molecule has 0 aliphatic heterocycles. The zero-order valence-corrected chi connectivity index (χ0v) is 16.1. The number of benzene rings is 2. The molecule has 0 bridgehead atoms. The summed E-state index contributed by atoms with van der Waals surface area (Å²) in [5, 5.41) is 0.697. The maximum atomic E-state index is 12.5. The minimum absolute atomic E-state index is 0.274. The number of carbonyl (C=O) groups is 1. The summed E-state index contributed by atoms with van der Waals surface area (Å²) in [7, 11) is 0. The van der Waals surface area contributed by atoms with E-state index < -0.39 is 0 Å². The van der Waals surface area contributed by atoms with Crippen LogP contribution in [-0.4, -0.2) is 10.5 Å². The number of allylic oxidation sites excluding steroid dienone is 1. The van der Waals surface area contributed by atoms with Crippen molar-refractivity contribution in [2.24, 2.45) is 4.99 Å². The van der Waals surface area contributed by atoms with E-state index in [0.717, 1.165) is 20.3 Å². The fourth-order valence-electron chi connectivity index (χ4n) is 2.47. The smallest absolute Gasteiger partial charge is 0.279 e. The summed E-state index contributed by atoms with van der Waals surface area (Å²) in [4.78, 5) is 17.5. The molecule has 3 nitrogen and oxygen atoms in total. The van der Waals surface area contributed by atoms with Crippen LogP contribution in [0.25, 0.3) is 10.2 Å². The van der Waals surface area contributed by atoms with Crippen molar-refractivity contribution in [2.45, 2.75) is 13.5 Å². The Balaban J connectivity index is 2.21. The molecule has 6 heteroatoms. The van der Waals surface area contributed by atoms with Gasteiger partial charge in [0.05, 0.1) is 10.2 Å². The number of nitrogens with zero attached hydrogens (tertiary/aromatic N) is 2. The standard InChI is InChI=1S/C18H14BrClN2OS/c1-3-9-22-16-11(2)14(20)7-8-15(16)24-18(22)21-17(23)12-5-4-6-13(19)10-12/h3-8,10H,1,9H2,2H3. The van der Waals surface area contributed by atoms with Gasteiger partial charge in [0.2, 0.25) is 0 Å². The monoisotopic (exact) mass is 420 g/mol. The van der Waals surface area contributed by atoms with Crippen LogP contribution in [0.3, 0.4) is 0 Å². The van der Waals surface area contributed by atoms with Crippen LogP contribution in [-0.2, 0) is 6.54 Å². The zero-order valence-electron chi connectivity index (χ0n) is 12.9. The van der Waals surface area contributed by atoms with Crippen molar-refractivity contribution in [3.63, 3.8) is 0 Å². The molecule has 0 spiro atoms. The Bertz CT molecular complexity index is 1020. The van der Waals surface area contributed by atoms with Crippen molar-refractivity contribution in [3.8, 4) is 0 Å². The van der Waals surface area contributed by atoms with E-state index in [1.165, 1.54) is 11.3 Å². The molecule has 0 atom stereocenters. The van der Waals surface area contributed by atoms with Crippen molar-refractivity contribution < 1.29 is 4.79 Å². The Labute approximate surface area is 157 Å². The van der Waals surface area contributed by atoms with E-state index in [9.17, 15) is 4.79 Å². The number of halogens is 2. The normalized spacial score (nSPS) is 11.9. The first kappa shape index (κ1) is 17.1. The topological polar surface area (TPSA) is 34.4 Å². The lowest BCUT2D eigenvalue weighted by atomic mass is 10.2. The van der Waals surface area contributed by atoms with Gasteiger partial charge in [-0.05, 0) is 42.8 Å². The van der Waals surface area contributed by atoms with Gasteiger partial charge in [-0.25, -0.2) is 0 Å². The Morgan fingerprint density at radius 3 is 2.92 bits per heavy atom. The number of aryl methyl sites for hydroxylation is 1. The van der Waals surface area contributed by atoms with Crippen LogP contribution >= 0.6 is 38.9 Å². The third-order valence-electron chi connectivity index (χ3n) is 3.61. The first-order valence-electron chi connectivity index (χ1n) is 7.25. The summed E-state index contributed by atoms with van der Waals surface area (Å²) < 4.78 is 3.87. The minimum Gasteiger partial charge on any atom is -0.312 e. The molecule has 1 aromatic heterocycles. The predicted molar refractivity (Wildman–Crippen MR) is 104 cm³/mol. The minimum atomic E-state index is -0.274. The lowest BCUT2D eigenvalue weighted by molar-refractivity contribution is 0.0998. The number of hydrogen-bond acceptors (Lipinski definition) is 2. The molecule has 0 N–H and O–H groups in total. The molecule has 2 aromatic carbocycles. The lowest BCUT2D eigenvalue weighted by Gasteiger charge is -2.05. The van der Waals surface area contributed by atoms with Crippen LogP contribution in [0.1, 0.15) is 15.9 Å². The van der Waals surface area contributed by atoms with Gasteiger partial charge in [0.15, 0.2) is 4.80 Å². The molecule has 0 fully saturated rings. The van der Waals surface area contributed by atoms with E-state index in [0.29, 0.717) is 21.9 Å². The number of amides is 1. The molecule has 122 valence electrons. The van der Waals surface area contributed by atoms with Crippen molar-refractivity contribution in [3.05, 3.63) is 74.5 Å². The van der Waals surface area contributed by atoms with Gasteiger partial charge >= 0.3 is 0 Å². The van der Waals surface area contributed by atoms with Gasteiger partial charge in [0.1, 0.15) is 0 Å². The van der Waals surface area contributed by atoms with E-state index in [1.807, 2.05) is 35.8 Å². The van der Waals surface area contributed by atoms with E-state index in [4.69, 9.17) is 11.6 Å². The molecule has 0 saturated carbocycles. The zero-order chi connectivity index (χ0) is 17.3. The van der Waals surface area contributed by atoms with Gasteiger partial charge < -0.3 is 4.57 Å². The number of carbonyl (C=O) groups excluding carboxylic acids is 1. The third-order valence-corrected chi connectivity index (χ3v) is 5.56. The molecule has 1 heterocycles. The van der Waals surface area contributed by atoms with Gasteiger partial charge in [-0.15, -0.1) is 6.58 Å². The van der Waals surface area contributed by atoms with E-state index >= 15 is 0 Å². The van der Waals surface area contributed by atoms with Crippen LogP contribution in [0.2, 0.25) is 5.02 Å². The summed E-state index contributed by atoms with van der Waals surface area (Å²) in [5.41, 5.74) is 2.51. The Morgan fingerprint density at radius 2 is 2.21 bits per heavy atom. The molecule has 3 rings (SSSR count). The molecule has 24 heavy (non-hydrogen) atoms. The van der Waals surface area contributed by atoms with Crippen molar-refractivity contribution in [1.82, 2.24) is 4.57 Å². The SMILES string of the molecule is C=CCn1c(=NC(=O)c2cccc(Br)c2)sc2ccc(Cl)c(C)c21. The number of thiazole rings is 1. The maximum absolute atomic E-state index is 12.5. The average Bonchev–Trinajstić information content (AvgIpc) is 2.90. The van der Waals surface area contributed by atoms with E-state index in [-0.39, 0.29) is 5.91 Å². The quantitative estimate of drug-likeness (QED) is 0.525. The molecule has 3 aromatic rings. The number of aromatic nitrogens is 1. The molecule has 1 amide bonds. The summed E-state index contributed by atoms with van der Waals surface area (Å²) in [5.74, 6) is -0.274. The van der Waals surface area contributed by atoms with E-state index in [2.05, 4.69) is 27.5 Å². The molecule has 0 radical (unpaired) electrons. The molecule has 0 saturated heterocycles. The Morgan fingerprint density at radius 1 is 1.42 bits per heavy atom. The van der Waals surface area contributed by atoms with Crippen LogP contribution in [0.5, 0.6) is 0 Å². The second kappa shape index (κ2) is 7.05. The molecular weight excluding hydrogens is 408 g/mol. The molecule has 0 unspecified atom stereocenters. The van der Waals surface area contributed by atoms with Crippen LogP contribution in [0, 0.1) is 6.92 Å². The molecular formula is C18H14BrClN2OS. The highest BCUT2D eigenvalue weighted by atomic mass is 79.9. The van der Waals surface area contributed by atoms with Crippen molar-refractivity contribution >= 4 is 55.0 Å². The van der Waals surface area contributed by atoms with Gasteiger partial charge in [-0.3, -0.25) is 4.79 Å². The predicted octanol–water partition coefficient (Wildman–Crippen LogP) is 5.35. The van der Waals surface area contributed by atoms with Gasteiger partial charge in [-0.1, -0.05) is 51.0 Å². The summed E-state index contributed by atoms with van der Waals surface area (Å²) >= 11 is 11.1. The van der Waals surface area contributed by atoms with Crippen molar-refractivity contribution in [2.75, 3.05) is 0 Å². The van der Waals surface area contributed by atoms with Crippen LogP contribution in [0.4, 0.5) is 0 Å². The summed E-state index contributed by atoms with van der Waals surface area (Å²) in [6, 6.07) is 11.0. The number of fused-ring (bicyclic) bond motifs is 1. The third kappa shape index (κ3) is 3.24. The maximum Gasteiger partial charge on any atom is 0.279 e. The molecule has 0 aliphatic carbocycles. The van der Waals surface area contributed by atoms with Gasteiger partial charge in [-0.2, -0.15) is 4.99 Å². The Hall–Kier alpha value is -1.69. The van der Waals surface area contributed by atoms with Crippen molar-refractivity contribution in [1.29, 1.82) is 0 Å². The fourth-order valence-corrected chi connectivity index (χ4v) is 4.12. The second-order valence-corrected chi connectivity index (χ2v) is 7.56. The fraction of sp³-hybridized carbons (Fsp3) is 0.111. The van der Waals surface area contributed by atoms with Crippen LogP contribution in [0.15, 0.2) is 58.5 Å². The van der Waals surface area contributed by atoms with Gasteiger partial charge in [0, 0.05) is 21.6 Å². The van der Waals surface area contributed by atoms with Crippen LogP contribution < -0.4 is 4.80 Å². The first-order valence-corrected chi connectivity index (χ1v) is 9.24. The average molecular weight is 422 g/mol. The summed E-state index contributed by atoms with van der Waals surface area (Å²) in [6.07, 6.45) is 1.79. The number of rotatable bonds is 3. The van der Waals surface area contributed by atoms with E-state index in [1.54, 1.807) is 18.2 Å². The summed E-state index contributed by atoms with van der Waals surface area (Å²) in [6.45, 7) is 6.33.